The van der Waals surface area contributed by atoms with Crippen LogP contribution in [0.3, 0.4) is 0 Å². The van der Waals surface area contributed by atoms with Crippen molar-refractivity contribution in [3.63, 3.8) is 0 Å². The monoisotopic (exact) mass is 333 g/mol. The molecular formula is C17H27N5S. The summed E-state index contributed by atoms with van der Waals surface area (Å²) in [4.78, 5) is 10.0. The number of thiazole rings is 1. The van der Waals surface area contributed by atoms with E-state index in [1.165, 1.54) is 61.6 Å². The molecule has 0 spiro atoms. The number of rotatable bonds is 3. The van der Waals surface area contributed by atoms with Crippen LogP contribution in [-0.4, -0.2) is 52.4 Å². The first kappa shape index (κ1) is 15.4. The van der Waals surface area contributed by atoms with Crippen LogP contribution in [0.2, 0.25) is 0 Å². The standard InChI is InChI=1S/C17H27N5S/c1-13-15-16(20(2)19-13)18-17(23-15)22-10-6-14(7-11-22)12-21-8-4-3-5-9-21/h14H,3-12H2,1-2H3. The number of hydrogen-bond acceptors (Lipinski definition) is 5. The molecule has 2 aromatic heterocycles. The van der Waals surface area contributed by atoms with Crippen molar-refractivity contribution in [2.45, 2.75) is 39.0 Å². The molecule has 0 amide bonds. The van der Waals surface area contributed by atoms with Crippen LogP contribution in [0.5, 0.6) is 0 Å². The smallest absolute Gasteiger partial charge is 0.188 e. The maximum Gasteiger partial charge on any atom is 0.188 e. The van der Waals surface area contributed by atoms with Crippen LogP contribution in [0.1, 0.15) is 37.8 Å². The van der Waals surface area contributed by atoms with Crippen LogP contribution < -0.4 is 4.90 Å². The molecule has 5 nitrogen and oxygen atoms in total. The molecule has 0 radical (unpaired) electrons. The summed E-state index contributed by atoms with van der Waals surface area (Å²) in [6.07, 6.45) is 6.85. The zero-order valence-electron chi connectivity index (χ0n) is 14.3. The van der Waals surface area contributed by atoms with E-state index in [-0.39, 0.29) is 0 Å². The molecule has 0 aromatic carbocycles. The maximum atomic E-state index is 4.83. The molecule has 6 heteroatoms. The summed E-state index contributed by atoms with van der Waals surface area (Å²) in [6.45, 7) is 8.36. The van der Waals surface area contributed by atoms with E-state index in [0.717, 1.165) is 30.3 Å². The van der Waals surface area contributed by atoms with Crippen molar-refractivity contribution in [3.8, 4) is 0 Å². The van der Waals surface area contributed by atoms with Gasteiger partial charge in [0.05, 0.1) is 10.4 Å². The van der Waals surface area contributed by atoms with Crippen molar-refractivity contribution in [1.82, 2.24) is 19.7 Å². The Morgan fingerprint density at radius 1 is 1.09 bits per heavy atom. The van der Waals surface area contributed by atoms with Gasteiger partial charge >= 0.3 is 0 Å². The highest BCUT2D eigenvalue weighted by Crippen LogP contribution is 2.33. The molecule has 2 aliphatic heterocycles. The average molecular weight is 334 g/mol. The molecule has 126 valence electrons. The van der Waals surface area contributed by atoms with Crippen molar-refractivity contribution < 1.29 is 0 Å². The first-order valence-corrected chi connectivity index (χ1v) is 9.80. The van der Waals surface area contributed by atoms with Gasteiger partial charge in [0.2, 0.25) is 0 Å². The zero-order valence-corrected chi connectivity index (χ0v) is 15.1. The summed E-state index contributed by atoms with van der Waals surface area (Å²) in [7, 11) is 1.99. The molecule has 0 bridgehead atoms. The van der Waals surface area contributed by atoms with Gasteiger partial charge in [0.15, 0.2) is 10.8 Å². The maximum absolute atomic E-state index is 4.83. The summed E-state index contributed by atoms with van der Waals surface area (Å²) >= 11 is 1.81. The van der Waals surface area contributed by atoms with E-state index in [0.29, 0.717) is 0 Å². The summed E-state index contributed by atoms with van der Waals surface area (Å²) in [5, 5.41) is 5.64. The average Bonchev–Trinajstić information content (AvgIpc) is 3.11. The highest BCUT2D eigenvalue weighted by molar-refractivity contribution is 7.22. The second-order valence-corrected chi connectivity index (χ2v) is 8.13. The van der Waals surface area contributed by atoms with Crippen LogP contribution in [0.4, 0.5) is 5.13 Å². The number of aryl methyl sites for hydroxylation is 2. The molecule has 2 saturated heterocycles. The third-order valence-electron chi connectivity index (χ3n) is 5.38. The molecule has 2 aromatic rings. The summed E-state index contributed by atoms with van der Waals surface area (Å²) < 4.78 is 3.16. The van der Waals surface area contributed by atoms with E-state index in [2.05, 4.69) is 21.8 Å². The third kappa shape index (κ3) is 3.11. The first-order chi connectivity index (χ1) is 11.2. The Kier molecular flexibility index (Phi) is 4.28. The molecule has 4 heterocycles. The number of nitrogens with zero attached hydrogens (tertiary/aromatic N) is 5. The topological polar surface area (TPSA) is 37.2 Å². The minimum absolute atomic E-state index is 0.877. The minimum Gasteiger partial charge on any atom is -0.348 e. The Morgan fingerprint density at radius 2 is 1.83 bits per heavy atom. The molecule has 0 unspecified atom stereocenters. The van der Waals surface area contributed by atoms with Gasteiger partial charge in [0, 0.05) is 26.7 Å². The van der Waals surface area contributed by atoms with Gasteiger partial charge in [-0.15, -0.1) is 0 Å². The van der Waals surface area contributed by atoms with Crippen molar-refractivity contribution >= 4 is 26.8 Å². The highest BCUT2D eigenvalue weighted by atomic mass is 32.1. The van der Waals surface area contributed by atoms with Gasteiger partial charge in [0.1, 0.15) is 0 Å². The van der Waals surface area contributed by atoms with Crippen molar-refractivity contribution in [3.05, 3.63) is 5.69 Å². The van der Waals surface area contributed by atoms with E-state index < -0.39 is 0 Å². The van der Waals surface area contributed by atoms with E-state index in [9.17, 15) is 0 Å². The molecule has 2 aliphatic rings. The van der Waals surface area contributed by atoms with Gasteiger partial charge < -0.3 is 9.80 Å². The molecule has 0 atom stereocenters. The largest absolute Gasteiger partial charge is 0.348 e. The third-order valence-corrected chi connectivity index (χ3v) is 6.60. The Labute approximate surface area is 142 Å². The van der Waals surface area contributed by atoms with Crippen LogP contribution >= 0.6 is 11.3 Å². The fourth-order valence-electron chi connectivity index (χ4n) is 4.02. The fourth-order valence-corrected chi connectivity index (χ4v) is 5.11. The Bertz CT molecular complexity index is 627. The van der Waals surface area contributed by atoms with Crippen LogP contribution in [0.15, 0.2) is 0 Å². The molecular weight excluding hydrogens is 306 g/mol. The lowest BCUT2D eigenvalue weighted by molar-refractivity contribution is 0.181. The number of aromatic nitrogens is 3. The quantitative estimate of drug-likeness (QED) is 0.865. The zero-order chi connectivity index (χ0) is 15.8. The lowest BCUT2D eigenvalue weighted by Crippen LogP contribution is -2.40. The highest BCUT2D eigenvalue weighted by Gasteiger charge is 2.24. The van der Waals surface area contributed by atoms with Crippen LogP contribution in [-0.2, 0) is 7.05 Å². The number of anilines is 1. The van der Waals surface area contributed by atoms with Gasteiger partial charge in [-0.1, -0.05) is 17.8 Å². The molecule has 4 rings (SSSR count). The Balaban J connectivity index is 1.37. The van der Waals surface area contributed by atoms with Crippen molar-refractivity contribution in [2.75, 3.05) is 37.6 Å². The predicted octanol–water partition coefficient (Wildman–Crippen LogP) is 3.04. The number of hydrogen-bond donors (Lipinski definition) is 0. The number of piperidine rings is 2. The van der Waals surface area contributed by atoms with Crippen molar-refractivity contribution in [2.24, 2.45) is 13.0 Å². The Morgan fingerprint density at radius 3 is 2.52 bits per heavy atom. The lowest BCUT2D eigenvalue weighted by atomic mass is 9.95. The first-order valence-electron chi connectivity index (χ1n) is 8.98. The SMILES string of the molecule is Cc1nn(C)c2nc(N3CCC(CN4CCCCC4)CC3)sc12. The lowest BCUT2D eigenvalue weighted by Gasteiger charge is -2.36. The fraction of sp³-hybridized carbons (Fsp3) is 0.765. The summed E-state index contributed by atoms with van der Waals surface area (Å²) in [5.41, 5.74) is 2.14. The van der Waals surface area contributed by atoms with Gasteiger partial charge in [-0.3, -0.25) is 0 Å². The Hall–Kier alpha value is -1.14. The second-order valence-electron chi connectivity index (χ2n) is 7.15. The van der Waals surface area contributed by atoms with Gasteiger partial charge in [-0.2, -0.15) is 5.10 Å². The summed E-state index contributed by atoms with van der Waals surface area (Å²) in [6, 6.07) is 0. The second kappa shape index (κ2) is 6.40. The predicted molar refractivity (Wildman–Crippen MR) is 96.4 cm³/mol. The van der Waals surface area contributed by atoms with E-state index >= 15 is 0 Å². The number of fused-ring (bicyclic) bond motifs is 1. The normalized spacial score (nSPS) is 21.4. The van der Waals surface area contributed by atoms with Crippen molar-refractivity contribution in [1.29, 1.82) is 0 Å². The van der Waals surface area contributed by atoms with E-state index in [4.69, 9.17) is 4.98 Å². The number of likely N-dealkylation sites (tertiary alicyclic amines) is 1. The van der Waals surface area contributed by atoms with Gasteiger partial charge in [-0.05, 0) is 51.6 Å². The molecule has 2 fully saturated rings. The van der Waals surface area contributed by atoms with Gasteiger partial charge in [0.25, 0.3) is 0 Å². The molecule has 0 N–H and O–H groups in total. The van der Waals surface area contributed by atoms with Crippen LogP contribution in [0.25, 0.3) is 10.3 Å². The minimum atomic E-state index is 0.877. The summed E-state index contributed by atoms with van der Waals surface area (Å²) in [5.74, 6) is 0.877. The van der Waals surface area contributed by atoms with E-state index in [1.54, 1.807) is 0 Å². The van der Waals surface area contributed by atoms with Gasteiger partial charge in [-0.25, -0.2) is 9.67 Å². The molecule has 0 saturated carbocycles. The molecule has 23 heavy (non-hydrogen) atoms. The van der Waals surface area contributed by atoms with Crippen LogP contribution in [0, 0.1) is 12.8 Å². The van der Waals surface area contributed by atoms with E-state index in [1.807, 2.05) is 23.1 Å². The molecule has 0 aliphatic carbocycles.